The van der Waals surface area contributed by atoms with Crippen molar-refractivity contribution in [3.05, 3.63) is 66.9 Å². The molecule has 0 aliphatic carbocycles. The van der Waals surface area contributed by atoms with Gasteiger partial charge in [-0.05, 0) is 55.6 Å². The molecule has 0 spiro atoms. The molecule has 31 heavy (non-hydrogen) atoms. The highest BCUT2D eigenvalue weighted by Gasteiger charge is 2.14. The number of carbonyl (C=O) groups excluding carboxylic acids is 1. The minimum Gasteiger partial charge on any atom is -0.444 e. The molecule has 1 amide bonds. The van der Waals surface area contributed by atoms with Gasteiger partial charge in [0.25, 0.3) is 5.91 Å². The molecule has 8 nitrogen and oxygen atoms in total. The maximum Gasteiger partial charge on any atom is 0.257 e. The van der Waals surface area contributed by atoms with E-state index in [2.05, 4.69) is 30.9 Å². The normalized spacial score (nSPS) is 14.5. The Morgan fingerprint density at radius 3 is 2.74 bits per heavy atom. The monoisotopic (exact) mass is 414 g/mol. The third kappa shape index (κ3) is 4.39. The van der Waals surface area contributed by atoms with Crippen LogP contribution in [-0.2, 0) is 0 Å². The molecule has 1 fully saturated rings. The van der Waals surface area contributed by atoms with Gasteiger partial charge in [-0.3, -0.25) is 4.79 Å². The number of nitrogens with zero attached hydrogens (tertiary/aromatic N) is 3. The van der Waals surface area contributed by atoms with Crippen molar-refractivity contribution < 1.29 is 9.21 Å². The third-order valence-corrected chi connectivity index (χ3v) is 5.39. The van der Waals surface area contributed by atoms with Crippen LogP contribution in [-0.4, -0.2) is 40.0 Å². The first-order valence-electron chi connectivity index (χ1n) is 10.3. The molecule has 3 aromatic heterocycles. The topological polar surface area (TPSA) is 105 Å². The Bertz CT molecular complexity index is 1200. The number of anilines is 2. The van der Waals surface area contributed by atoms with Gasteiger partial charge in [0.05, 0.1) is 6.20 Å². The van der Waals surface area contributed by atoms with Crippen molar-refractivity contribution in [1.82, 2.24) is 20.3 Å². The van der Waals surface area contributed by atoms with Crippen LogP contribution < -0.4 is 16.0 Å². The van der Waals surface area contributed by atoms with Gasteiger partial charge in [0, 0.05) is 34.9 Å². The van der Waals surface area contributed by atoms with E-state index in [1.54, 1.807) is 30.7 Å². The fraction of sp³-hybridized carbons (Fsp3) is 0.217. The summed E-state index contributed by atoms with van der Waals surface area (Å²) in [5.41, 5.74) is 1.44. The number of oxazole rings is 1. The minimum atomic E-state index is -0.228. The van der Waals surface area contributed by atoms with Crippen LogP contribution >= 0.6 is 0 Å². The van der Waals surface area contributed by atoms with E-state index in [0.29, 0.717) is 29.0 Å². The molecule has 5 rings (SSSR count). The van der Waals surface area contributed by atoms with Crippen molar-refractivity contribution in [2.75, 3.05) is 23.7 Å². The van der Waals surface area contributed by atoms with Gasteiger partial charge in [0.1, 0.15) is 11.6 Å². The summed E-state index contributed by atoms with van der Waals surface area (Å²) in [5.74, 6) is 1.66. The molecule has 1 aromatic carbocycles. The van der Waals surface area contributed by atoms with Gasteiger partial charge in [0.15, 0.2) is 12.2 Å². The van der Waals surface area contributed by atoms with E-state index in [4.69, 9.17) is 4.42 Å². The number of pyridine rings is 2. The molecule has 1 saturated heterocycles. The van der Waals surface area contributed by atoms with Crippen LogP contribution in [0, 0.1) is 0 Å². The van der Waals surface area contributed by atoms with Crippen molar-refractivity contribution >= 4 is 28.3 Å². The summed E-state index contributed by atoms with van der Waals surface area (Å²) in [7, 11) is 0. The SMILES string of the molecule is O=C(Nc1cc2cc(-c3cnco3)ccc2cn1)c1ccnc(NC2CCNCC2)c1. The second-order valence-electron chi connectivity index (χ2n) is 7.55. The lowest BCUT2D eigenvalue weighted by Gasteiger charge is -2.24. The van der Waals surface area contributed by atoms with Crippen LogP contribution in [0.2, 0.25) is 0 Å². The van der Waals surface area contributed by atoms with Gasteiger partial charge in [-0.15, -0.1) is 0 Å². The minimum absolute atomic E-state index is 0.228. The molecule has 1 aliphatic heterocycles. The van der Waals surface area contributed by atoms with E-state index < -0.39 is 0 Å². The van der Waals surface area contributed by atoms with Gasteiger partial charge in [-0.1, -0.05) is 12.1 Å². The number of hydrogen-bond donors (Lipinski definition) is 3. The van der Waals surface area contributed by atoms with Crippen LogP contribution in [0.4, 0.5) is 11.6 Å². The van der Waals surface area contributed by atoms with Crippen LogP contribution in [0.3, 0.4) is 0 Å². The number of piperidine rings is 1. The number of benzene rings is 1. The maximum atomic E-state index is 12.8. The first-order valence-corrected chi connectivity index (χ1v) is 10.3. The predicted octanol–water partition coefficient (Wildman–Crippen LogP) is 3.70. The first kappa shape index (κ1) is 19.2. The number of carbonyl (C=O) groups is 1. The fourth-order valence-corrected chi connectivity index (χ4v) is 3.74. The summed E-state index contributed by atoms with van der Waals surface area (Å²) >= 11 is 0. The lowest BCUT2D eigenvalue weighted by Crippen LogP contribution is -2.35. The third-order valence-electron chi connectivity index (χ3n) is 5.39. The van der Waals surface area contributed by atoms with Gasteiger partial charge in [0.2, 0.25) is 0 Å². The van der Waals surface area contributed by atoms with Crippen molar-refractivity contribution in [3.8, 4) is 11.3 Å². The molecule has 0 saturated carbocycles. The largest absolute Gasteiger partial charge is 0.444 e. The van der Waals surface area contributed by atoms with Crippen molar-refractivity contribution in [2.45, 2.75) is 18.9 Å². The smallest absolute Gasteiger partial charge is 0.257 e. The molecule has 1 aliphatic rings. The highest BCUT2D eigenvalue weighted by Crippen LogP contribution is 2.25. The molecule has 3 N–H and O–H groups in total. The number of amides is 1. The lowest BCUT2D eigenvalue weighted by atomic mass is 10.1. The van der Waals surface area contributed by atoms with Crippen LogP contribution in [0.15, 0.2) is 65.8 Å². The van der Waals surface area contributed by atoms with Gasteiger partial charge in [-0.25, -0.2) is 15.0 Å². The first-order chi connectivity index (χ1) is 15.2. The van der Waals surface area contributed by atoms with E-state index in [1.165, 1.54) is 6.39 Å². The molecular formula is C23H22N6O2. The average molecular weight is 414 g/mol. The van der Waals surface area contributed by atoms with Crippen LogP contribution in [0.25, 0.3) is 22.1 Å². The van der Waals surface area contributed by atoms with Gasteiger partial charge in [-0.2, -0.15) is 0 Å². The Morgan fingerprint density at radius 2 is 1.90 bits per heavy atom. The van der Waals surface area contributed by atoms with Crippen LogP contribution in [0.1, 0.15) is 23.2 Å². The van der Waals surface area contributed by atoms with Crippen molar-refractivity contribution in [3.63, 3.8) is 0 Å². The number of fused-ring (bicyclic) bond motifs is 1. The number of rotatable bonds is 5. The lowest BCUT2D eigenvalue weighted by molar-refractivity contribution is 0.102. The Morgan fingerprint density at radius 1 is 1.00 bits per heavy atom. The zero-order chi connectivity index (χ0) is 21.0. The Hall–Kier alpha value is -3.78. The highest BCUT2D eigenvalue weighted by atomic mass is 16.3. The second kappa shape index (κ2) is 8.53. The molecule has 8 heteroatoms. The second-order valence-corrected chi connectivity index (χ2v) is 7.55. The molecule has 4 aromatic rings. The summed E-state index contributed by atoms with van der Waals surface area (Å²) in [6.45, 7) is 1.98. The van der Waals surface area contributed by atoms with E-state index in [1.807, 2.05) is 24.3 Å². The molecule has 0 bridgehead atoms. The van der Waals surface area contributed by atoms with E-state index in [-0.39, 0.29) is 5.91 Å². The summed E-state index contributed by atoms with van der Waals surface area (Å²) in [4.78, 5) is 25.5. The van der Waals surface area contributed by atoms with Crippen molar-refractivity contribution in [2.24, 2.45) is 0 Å². The van der Waals surface area contributed by atoms with E-state index in [9.17, 15) is 4.79 Å². The quantitative estimate of drug-likeness (QED) is 0.457. The van der Waals surface area contributed by atoms with E-state index >= 15 is 0 Å². The molecule has 0 atom stereocenters. The standard InChI is InChI=1S/C23H22N6O2/c30-23(16-3-8-26-21(10-16)28-19-4-6-24-7-5-19)29-22-11-18-9-15(20-13-25-14-31-20)1-2-17(18)12-27-22/h1-3,8-14,19,24H,4-7H2,(H,26,28)(H,27,29,30). The fourth-order valence-electron chi connectivity index (χ4n) is 3.74. The van der Waals surface area contributed by atoms with Crippen molar-refractivity contribution in [1.29, 1.82) is 0 Å². The summed E-state index contributed by atoms with van der Waals surface area (Å²) in [6.07, 6.45) is 8.54. The summed E-state index contributed by atoms with van der Waals surface area (Å²) < 4.78 is 5.37. The number of aromatic nitrogens is 3. The maximum absolute atomic E-state index is 12.8. The summed E-state index contributed by atoms with van der Waals surface area (Å²) in [5, 5.41) is 11.6. The van der Waals surface area contributed by atoms with Gasteiger partial charge >= 0.3 is 0 Å². The molecule has 0 radical (unpaired) electrons. The number of nitrogens with one attached hydrogen (secondary N) is 3. The Kier molecular flexibility index (Phi) is 5.28. The highest BCUT2D eigenvalue weighted by molar-refractivity contribution is 6.05. The Labute approximate surface area is 179 Å². The van der Waals surface area contributed by atoms with E-state index in [0.717, 1.165) is 42.3 Å². The number of hydrogen-bond acceptors (Lipinski definition) is 7. The molecule has 156 valence electrons. The zero-order valence-electron chi connectivity index (χ0n) is 16.8. The summed E-state index contributed by atoms with van der Waals surface area (Å²) in [6, 6.07) is 11.6. The van der Waals surface area contributed by atoms with Crippen LogP contribution in [0.5, 0.6) is 0 Å². The average Bonchev–Trinajstić information content (AvgIpc) is 3.34. The Balaban J connectivity index is 1.33. The molecular weight excluding hydrogens is 392 g/mol. The predicted molar refractivity (Wildman–Crippen MR) is 119 cm³/mol. The van der Waals surface area contributed by atoms with Gasteiger partial charge < -0.3 is 20.4 Å². The molecule has 0 unspecified atom stereocenters. The zero-order valence-corrected chi connectivity index (χ0v) is 16.8. The molecule has 4 heterocycles.